The molecule has 2 fully saturated rings. The van der Waals surface area contributed by atoms with Gasteiger partial charge in [-0.05, 0) is 72.7 Å². The summed E-state index contributed by atoms with van der Waals surface area (Å²) in [6.45, 7) is 4.46. The molecule has 0 saturated carbocycles. The first-order valence-electron chi connectivity index (χ1n) is 10.5. The molecule has 2 aliphatic heterocycles. The second kappa shape index (κ2) is 7.64. The number of aromatic hydroxyl groups is 1. The van der Waals surface area contributed by atoms with Crippen LogP contribution in [-0.2, 0) is 0 Å². The molecule has 30 heavy (non-hydrogen) atoms. The highest BCUT2D eigenvalue weighted by atomic mass is 35.5. The van der Waals surface area contributed by atoms with Crippen molar-refractivity contribution in [3.05, 3.63) is 47.6 Å². The minimum absolute atomic E-state index is 0.0327. The maximum absolute atomic E-state index is 10.1. The number of halogens is 1. The first-order valence-corrected chi connectivity index (χ1v) is 10.9. The van der Waals surface area contributed by atoms with Crippen LogP contribution in [0.3, 0.4) is 0 Å². The van der Waals surface area contributed by atoms with Crippen molar-refractivity contribution in [2.75, 3.05) is 38.2 Å². The SMILES string of the molecule is COc1cc(-c2ccc3nccc(N4CCC5(CCNC5)CC4)c3c2)cc(Cl)c1O. The van der Waals surface area contributed by atoms with Crippen LogP contribution < -0.4 is 15.0 Å². The van der Waals surface area contributed by atoms with Gasteiger partial charge in [-0.1, -0.05) is 17.7 Å². The summed E-state index contributed by atoms with van der Waals surface area (Å²) in [6.07, 6.45) is 5.66. The van der Waals surface area contributed by atoms with Crippen molar-refractivity contribution in [3.8, 4) is 22.6 Å². The number of pyridine rings is 1. The predicted molar refractivity (Wildman–Crippen MR) is 122 cm³/mol. The van der Waals surface area contributed by atoms with Crippen molar-refractivity contribution >= 4 is 28.2 Å². The molecular weight excluding hydrogens is 398 g/mol. The van der Waals surface area contributed by atoms with Crippen LogP contribution in [0.2, 0.25) is 5.02 Å². The normalized spacial score (nSPS) is 18.3. The molecular formula is C24H26ClN3O2. The average Bonchev–Trinajstić information content (AvgIpc) is 3.23. The molecule has 6 heteroatoms. The number of benzene rings is 2. The third kappa shape index (κ3) is 3.36. The number of rotatable bonds is 3. The van der Waals surface area contributed by atoms with E-state index in [1.54, 1.807) is 6.07 Å². The molecule has 2 saturated heterocycles. The molecule has 2 aromatic carbocycles. The molecule has 0 amide bonds. The lowest BCUT2D eigenvalue weighted by atomic mass is 9.77. The van der Waals surface area contributed by atoms with E-state index in [-0.39, 0.29) is 10.8 Å². The second-order valence-electron chi connectivity index (χ2n) is 8.48. The third-order valence-electron chi connectivity index (χ3n) is 6.80. The Balaban J connectivity index is 1.51. The van der Waals surface area contributed by atoms with Crippen LogP contribution in [0, 0.1) is 5.41 Å². The van der Waals surface area contributed by atoms with Crippen molar-refractivity contribution in [2.24, 2.45) is 5.41 Å². The van der Waals surface area contributed by atoms with E-state index in [1.807, 2.05) is 24.4 Å². The molecule has 5 nitrogen and oxygen atoms in total. The number of nitrogens with one attached hydrogen (secondary N) is 1. The van der Waals surface area contributed by atoms with E-state index in [0.717, 1.165) is 48.2 Å². The Morgan fingerprint density at radius 2 is 1.93 bits per heavy atom. The number of fused-ring (bicyclic) bond motifs is 1. The van der Waals surface area contributed by atoms with Gasteiger partial charge in [0.1, 0.15) is 0 Å². The van der Waals surface area contributed by atoms with Crippen LogP contribution in [0.5, 0.6) is 11.5 Å². The third-order valence-corrected chi connectivity index (χ3v) is 7.09. The van der Waals surface area contributed by atoms with Gasteiger partial charge in [-0.3, -0.25) is 4.98 Å². The Morgan fingerprint density at radius 1 is 1.10 bits per heavy atom. The van der Waals surface area contributed by atoms with E-state index in [9.17, 15) is 5.11 Å². The molecule has 0 unspecified atom stereocenters. The Kier molecular flexibility index (Phi) is 4.95. The van der Waals surface area contributed by atoms with E-state index in [4.69, 9.17) is 16.3 Å². The second-order valence-corrected chi connectivity index (χ2v) is 8.89. The average molecular weight is 424 g/mol. The van der Waals surface area contributed by atoms with E-state index in [2.05, 4.69) is 27.3 Å². The monoisotopic (exact) mass is 423 g/mol. The summed E-state index contributed by atoms with van der Waals surface area (Å²) in [7, 11) is 1.53. The summed E-state index contributed by atoms with van der Waals surface area (Å²) in [4.78, 5) is 7.08. The molecule has 3 heterocycles. The number of piperidine rings is 1. The summed E-state index contributed by atoms with van der Waals surface area (Å²) < 4.78 is 5.28. The lowest BCUT2D eigenvalue weighted by Gasteiger charge is -2.40. The number of phenols is 1. The zero-order valence-electron chi connectivity index (χ0n) is 17.1. The Labute approximate surface area is 181 Å². The quantitative estimate of drug-likeness (QED) is 0.630. The Morgan fingerprint density at radius 3 is 2.67 bits per heavy atom. The van der Waals surface area contributed by atoms with Gasteiger partial charge in [0.2, 0.25) is 0 Å². The molecule has 2 aliphatic rings. The number of hydrogen-bond donors (Lipinski definition) is 2. The number of anilines is 1. The van der Waals surface area contributed by atoms with Crippen LogP contribution in [-0.4, -0.2) is 43.4 Å². The van der Waals surface area contributed by atoms with Crippen LogP contribution in [0.15, 0.2) is 42.6 Å². The van der Waals surface area contributed by atoms with Gasteiger partial charge >= 0.3 is 0 Å². The maximum atomic E-state index is 10.1. The largest absolute Gasteiger partial charge is 0.503 e. The minimum Gasteiger partial charge on any atom is -0.503 e. The molecule has 3 aromatic rings. The van der Waals surface area contributed by atoms with Gasteiger partial charge in [0.25, 0.3) is 0 Å². The standard InChI is InChI=1S/C24H26ClN3O2/c1-30-22-14-17(13-19(25)23(22)29)16-2-3-20-18(12-16)21(4-8-27-20)28-10-6-24(7-11-28)5-9-26-15-24/h2-4,8,12-14,26,29H,5-7,9-11,15H2,1H3. The van der Waals surface area contributed by atoms with Gasteiger partial charge in [-0.15, -0.1) is 0 Å². The van der Waals surface area contributed by atoms with Gasteiger partial charge in [0.05, 0.1) is 17.6 Å². The highest BCUT2D eigenvalue weighted by molar-refractivity contribution is 6.32. The fourth-order valence-electron chi connectivity index (χ4n) is 4.93. The Hall–Kier alpha value is -2.50. The summed E-state index contributed by atoms with van der Waals surface area (Å²) in [6, 6.07) is 12.0. The van der Waals surface area contributed by atoms with Crippen LogP contribution in [0.1, 0.15) is 19.3 Å². The number of aromatic nitrogens is 1. The lowest BCUT2D eigenvalue weighted by Crippen LogP contribution is -2.41. The topological polar surface area (TPSA) is 57.6 Å². The number of phenolic OH excluding ortho intramolecular Hbond substituents is 1. The van der Waals surface area contributed by atoms with Crippen molar-refractivity contribution in [3.63, 3.8) is 0 Å². The molecule has 0 radical (unpaired) electrons. The summed E-state index contributed by atoms with van der Waals surface area (Å²) >= 11 is 6.22. The van der Waals surface area contributed by atoms with Gasteiger partial charge < -0.3 is 20.1 Å². The van der Waals surface area contributed by atoms with Crippen LogP contribution in [0.4, 0.5) is 5.69 Å². The molecule has 0 atom stereocenters. The van der Waals surface area contributed by atoms with Crippen molar-refractivity contribution in [1.29, 1.82) is 0 Å². The molecule has 2 N–H and O–H groups in total. The summed E-state index contributed by atoms with van der Waals surface area (Å²) in [5, 5.41) is 15.0. The van der Waals surface area contributed by atoms with Gasteiger partial charge in [-0.25, -0.2) is 0 Å². The van der Waals surface area contributed by atoms with E-state index in [1.165, 1.54) is 32.1 Å². The molecule has 156 valence electrons. The van der Waals surface area contributed by atoms with E-state index < -0.39 is 0 Å². The zero-order chi connectivity index (χ0) is 20.7. The lowest BCUT2D eigenvalue weighted by molar-refractivity contribution is 0.247. The van der Waals surface area contributed by atoms with Crippen LogP contribution in [0.25, 0.3) is 22.0 Å². The van der Waals surface area contributed by atoms with Crippen molar-refractivity contribution in [2.45, 2.75) is 19.3 Å². The highest BCUT2D eigenvalue weighted by Gasteiger charge is 2.37. The van der Waals surface area contributed by atoms with Gasteiger partial charge in [0, 0.05) is 36.9 Å². The first-order chi connectivity index (χ1) is 14.6. The van der Waals surface area contributed by atoms with Crippen molar-refractivity contribution < 1.29 is 9.84 Å². The van der Waals surface area contributed by atoms with Crippen molar-refractivity contribution in [1.82, 2.24) is 10.3 Å². The summed E-state index contributed by atoms with van der Waals surface area (Å²) in [5.41, 5.74) is 4.63. The minimum atomic E-state index is -0.0327. The number of nitrogens with zero attached hydrogens (tertiary/aromatic N) is 2. The highest BCUT2D eigenvalue weighted by Crippen LogP contribution is 2.41. The van der Waals surface area contributed by atoms with Gasteiger partial charge in [-0.2, -0.15) is 0 Å². The molecule has 0 aliphatic carbocycles. The predicted octanol–water partition coefficient (Wildman–Crippen LogP) is 4.85. The zero-order valence-corrected chi connectivity index (χ0v) is 17.9. The molecule has 1 spiro atoms. The van der Waals surface area contributed by atoms with E-state index >= 15 is 0 Å². The number of ether oxygens (including phenoxy) is 1. The van der Waals surface area contributed by atoms with Gasteiger partial charge in [0.15, 0.2) is 11.5 Å². The smallest absolute Gasteiger partial charge is 0.176 e. The summed E-state index contributed by atoms with van der Waals surface area (Å²) in [5.74, 6) is 0.338. The van der Waals surface area contributed by atoms with E-state index in [0.29, 0.717) is 11.2 Å². The molecule has 0 bridgehead atoms. The fourth-order valence-corrected chi connectivity index (χ4v) is 5.14. The first kappa shape index (κ1) is 19.5. The number of hydrogen-bond acceptors (Lipinski definition) is 5. The molecule has 5 rings (SSSR count). The van der Waals surface area contributed by atoms with Crippen LogP contribution >= 0.6 is 11.6 Å². The number of methoxy groups -OCH3 is 1. The maximum Gasteiger partial charge on any atom is 0.176 e. The Bertz CT molecular complexity index is 1090. The fraction of sp³-hybridized carbons (Fsp3) is 0.375. The molecule has 1 aromatic heterocycles.